The van der Waals surface area contributed by atoms with E-state index in [-0.39, 0.29) is 0 Å². The van der Waals surface area contributed by atoms with Gasteiger partial charge in [0, 0.05) is 11.8 Å². The lowest BCUT2D eigenvalue weighted by molar-refractivity contribution is 0.414. The average Bonchev–Trinajstić information content (AvgIpc) is 2.78. The molecule has 0 spiro atoms. The lowest BCUT2D eigenvalue weighted by Crippen LogP contribution is -1.90. The Kier molecular flexibility index (Phi) is 3.57. The summed E-state index contributed by atoms with van der Waals surface area (Å²) in [6.45, 7) is 2.13. The molecule has 3 heteroatoms. The van der Waals surface area contributed by atoms with Crippen LogP contribution in [-0.2, 0) is 12.8 Å². The van der Waals surface area contributed by atoms with E-state index in [1.165, 1.54) is 10.6 Å². The van der Waals surface area contributed by atoms with E-state index in [9.17, 15) is 0 Å². The zero-order valence-corrected chi connectivity index (χ0v) is 10.4. The minimum Gasteiger partial charge on any atom is -0.497 e. The largest absolute Gasteiger partial charge is 0.497 e. The zero-order valence-electron chi connectivity index (χ0n) is 9.56. The van der Waals surface area contributed by atoms with Crippen molar-refractivity contribution in [3.8, 4) is 5.75 Å². The van der Waals surface area contributed by atoms with Gasteiger partial charge in [-0.3, -0.25) is 0 Å². The van der Waals surface area contributed by atoms with Crippen molar-refractivity contribution in [3.63, 3.8) is 0 Å². The van der Waals surface area contributed by atoms with Gasteiger partial charge in [-0.1, -0.05) is 19.1 Å². The Balaban J connectivity index is 2.08. The molecule has 0 bridgehead atoms. The number of nitrogens with zero attached hydrogens (tertiary/aromatic N) is 1. The molecule has 0 saturated carbocycles. The Morgan fingerprint density at radius 3 is 2.56 bits per heavy atom. The molecule has 2 aromatic rings. The van der Waals surface area contributed by atoms with E-state index in [2.05, 4.69) is 29.4 Å². The quantitative estimate of drug-likeness (QED) is 0.808. The number of aromatic nitrogens is 1. The van der Waals surface area contributed by atoms with Crippen LogP contribution in [0.25, 0.3) is 0 Å². The van der Waals surface area contributed by atoms with Gasteiger partial charge >= 0.3 is 0 Å². The molecular formula is C13H15NOS. The third-order valence-corrected chi connectivity index (χ3v) is 3.49. The minimum atomic E-state index is 0.899. The summed E-state index contributed by atoms with van der Waals surface area (Å²) in [6, 6.07) is 8.15. The summed E-state index contributed by atoms with van der Waals surface area (Å²) >= 11 is 1.74. The smallest absolute Gasteiger partial charge is 0.118 e. The monoisotopic (exact) mass is 233 g/mol. The molecule has 0 saturated heterocycles. The standard InChI is InChI=1S/C13H15NOS/c1-3-13-14-11(9-16-13)8-10-4-6-12(15-2)7-5-10/h4-7,9H,3,8H2,1-2H3. The molecule has 2 nitrogen and oxygen atoms in total. The van der Waals surface area contributed by atoms with E-state index in [0.717, 1.165) is 24.3 Å². The van der Waals surface area contributed by atoms with Crippen LogP contribution in [0.4, 0.5) is 0 Å². The Morgan fingerprint density at radius 1 is 1.25 bits per heavy atom. The molecule has 0 atom stereocenters. The van der Waals surface area contributed by atoms with E-state index in [0.29, 0.717) is 0 Å². The van der Waals surface area contributed by atoms with Crippen LogP contribution in [0.1, 0.15) is 23.2 Å². The maximum Gasteiger partial charge on any atom is 0.118 e. The van der Waals surface area contributed by atoms with Crippen LogP contribution < -0.4 is 4.74 Å². The number of ether oxygens (including phenoxy) is 1. The fraction of sp³-hybridized carbons (Fsp3) is 0.308. The first-order valence-corrected chi connectivity index (χ1v) is 6.26. The predicted octanol–water partition coefficient (Wildman–Crippen LogP) is 3.30. The van der Waals surface area contributed by atoms with Crippen molar-refractivity contribution < 1.29 is 4.74 Å². The molecule has 1 aromatic carbocycles. The number of thiazole rings is 1. The molecule has 0 amide bonds. The molecule has 1 heterocycles. The summed E-state index contributed by atoms with van der Waals surface area (Å²) in [5.41, 5.74) is 2.43. The maximum atomic E-state index is 5.13. The maximum absolute atomic E-state index is 5.13. The first kappa shape index (κ1) is 11.1. The van der Waals surface area contributed by atoms with E-state index >= 15 is 0 Å². The number of hydrogen-bond acceptors (Lipinski definition) is 3. The van der Waals surface area contributed by atoms with Crippen molar-refractivity contribution in [2.45, 2.75) is 19.8 Å². The van der Waals surface area contributed by atoms with Gasteiger partial charge in [-0.25, -0.2) is 4.98 Å². The van der Waals surface area contributed by atoms with Gasteiger partial charge in [0.1, 0.15) is 5.75 Å². The van der Waals surface area contributed by atoms with E-state index < -0.39 is 0 Å². The molecule has 0 fully saturated rings. The lowest BCUT2D eigenvalue weighted by Gasteiger charge is -2.01. The van der Waals surface area contributed by atoms with Gasteiger partial charge in [0.05, 0.1) is 17.8 Å². The zero-order chi connectivity index (χ0) is 11.4. The highest BCUT2D eigenvalue weighted by atomic mass is 32.1. The summed E-state index contributed by atoms with van der Waals surface area (Å²) in [5, 5.41) is 3.35. The third kappa shape index (κ3) is 2.61. The molecule has 0 aliphatic heterocycles. The highest BCUT2D eigenvalue weighted by Gasteiger charge is 2.02. The molecule has 0 aliphatic carbocycles. The van der Waals surface area contributed by atoms with Gasteiger partial charge in [-0.2, -0.15) is 0 Å². The molecule has 84 valence electrons. The van der Waals surface area contributed by atoms with Crippen LogP contribution in [0.5, 0.6) is 5.75 Å². The van der Waals surface area contributed by atoms with Crippen molar-refractivity contribution >= 4 is 11.3 Å². The number of benzene rings is 1. The molecule has 0 unspecified atom stereocenters. The molecule has 0 N–H and O–H groups in total. The number of aryl methyl sites for hydroxylation is 1. The van der Waals surface area contributed by atoms with E-state index in [1.807, 2.05) is 12.1 Å². The molecule has 0 radical (unpaired) electrons. The van der Waals surface area contributed by atoms with Crippen LogP contribution in [0.15, 0.2) is 29.6 Å². The van der Waals surface area contributed by atoms with Gasteiger partial charge in [-0.15, -0.1) is 11.3 Å². The molecule has 0 aliphatic rings. The summed E-state index contributed by atoms with van der Waals surface area (Å²) in [4.78, 5) is 4.55. The SMILES string of the molecule is CCc1nc(Cc2ccc(OC)cc2)cs1. The fourth-order valence-corrected chi connectivity index (χ4v) is 2.29. The molecule has 1 aromatic heterocycles. The summed E-state index contributed by atoms with van der Waals surface area (Å²) in [7, 11) is 1.68. The van der Waals surface area contributed by atoms with Gasteiger partial charge in [0.2, 0.25) is 0 Å². The van der Waals surface area contributed by atoms with Crippen molar-refractivity contribution in [1.29, 1.82) is 0 Å². The molecule has 16 heavy (non-hydrogen) atoms. The molecule has 2 rings (SSSR count). The van der Waals surface area contributed by atoms with Gasteiger partial charge in [0.25, 0.3) is 0 Å². The Hall–Kier alpha value is -1.35. The van der Waals surface area contributed by atoms with E-state index in [4.69, 9.17) is 4.74 Å². The van der Waals surface area contributed by atoms with Crippen molar-refractivity contribution in [2.75, 3.05) is 7.11 Å². The van der Waals surface area contributed by atoms with Crippen LogP contribution in [0, 0.1) is 0 Å². The van der Waals surface area contributed by atoms with Gasteiger partial charge in [0.15, 0.2) is 0 Å². The number of methoxy groups -OCH3 is 1. The highest BCUT2D eigenvalue weighted by molar-refractivity contribution is 7.09. The second kappa shape index (κ2) is 5.12. The Bertz CT molecular complexity index is 447. The second-order valence-corrected chi connectivity index (χ2v) is 4.55. The van der Waals surface area contributed by atoms with Crippen LogP contribution in [0.3, 0.4) is 0 Å². The van der Waals surface area contributed by atoms with Crippen LogP contribution >= 0.6 is 11.3 Å². The fourth-order valence-electron chi connectivity index (χ4n) is 1.55. The van der Waals surface area contributed by atoms with Crippen LogP contribution in [-0.4, -0.2) is 12.1 Å². The Morgan fingerprint density at radius 2 is 2.00 bits per heavy atom. The van der Waals surface area contributed by atoms with E-state index in [1.54, 1.807) is 18.4 Å². The predicted molar refractivity (Wildman–Crippen MR) is 67.3 cm³/mol. The lowest BCUT2D eigenvalue weighted by atomic mass is 10.1. The first-order chi connectivity index (χ1) is 7.81. The van der Waals surface area contributed by atoms with Gasteiger partial charge < -0.3 is 4.74 Å². The number of rotatable bonds is 4. The molecular weight excluding hydrogens is 218 g/mol. The average molecular weight is 233 g/mol. The summed E-state index contributed by atoms with van der Waals surface area (Å²) in [6.07, 6.45) is 1.92. The third-order valence-electron chi connectivity index (χ3n) is 2.45. The van der Waals surface area contributed by atoms with Crippen LogP contribution in [0.2, 0.25) is 0 Å². The highest BCUT2D eigenvalue weighted by Crippen LogP contribution is 2.16. The van der Waals surface area contributed by atoms with Crippen molar-refractivity contribution in [1.82, 2.24) is 4.98 Å². The van der Waals surface area contributed by atoms with Gasteiger partial charge in [-0.05, 0) is 24.1 Å². The topological polar surface area (TPSA) is 22.1 Å². The second-order valence-electron chi connectivity index (χ2n) is 3.61. The Labute approximate surface area is 99.9 Å². The normalized spacial score (nSPS) is 10.4. The first-order valence-electron chi connectivity index (χ1n) is 5.38. The summed E-state index contributed by atoms with van der Waals surface area (Å²) in [5.74, 6) is 0.899. The van der Waals surface area contributed by atoms with Crippen molar-refractivity contribution in [2.24, 2.45) is 0 Å². The minimum absolute atomic E-state index is 0.899. The summed E-state index contributed by atoms with van der Waals surface area (Å²) < 4.78 is 5.13. The number of hydrogen-bond donors (Lipinski definition) is 0. The van der Waals surface area contributed by atoms with Crippen molar-refractivity contribution in [3.05, 3.63) is 45.9 Å².